The highest BCUT2D eigenvalue weighted by Gasteiger charge is 2.23. The summed E-state index contributed by atoms with van der Waals surface area (Å²) in [5.74, 6) is 3.32. The van der Waals surface area contributed by atoms with E-state index in [4.69, 9.17) is 19.2 Å². The molecule has 0 radical (unpaired) electrons. The van der Waals surface area contributed by atoms with Gasteiger partial charge in [-0.15, -0.1) is 0 Å². The van der Waals surface area contributed by atoms with Gasteiger partial charge in [-0.3, -0.25) is 9.89 Å². The molecule has 2 heterocycles. The van der Waals surface area contributed by atoms with Gasteiger partial charge in [0.1, 0.15) is 12.5 Å². The van der Waals surface area contributed by atoms with Crippen molar-refractivity contribution >= 4 is 18.2 Å². The second-order valence-corrected chi connectivity index (χ2v) is 8.40. The van der Waals surface area contributed by atoms with Crippen LogP contribution in [0.15, 0.2) is 46.3 Å². The topological polar surface area (TPSA) is 72.6 Å². The van der Waals surface area contributed by atoms with Crippen LogP contribution in [0.1, 0.15) is 25.0 Å². The quantitative estimate of drug-likeness (QED) is 0.431. The minimum absolute atomic E-state index is 0.354. The number of hydrogen-bond donors (Lipinski definition) is 1. The van der Waals surface area contributed by atoms with Crippen molar-refractivity contribution < 1.29 is 14.2 Å². The van der Waals surface area contributed by atoms with E-state index in [1.54, 1.807) is 27.5 Å². The van der Waals surface area contributed by atoms with Gasteiger partial charge in [0.05, 0.1) is 21.3 Å². The van der Waals surface area contributed by atoms with Crippen molar-refractivity contribution in [2.75, 3.05) is 46.4 Å². The third-order valence-corrected chi connectivity index (χ3v) is 5.73. The number of allylic oxidation sites excluding steroid dienone is 1. The second kappa shape index (κ2) is 11.0. The van der Waals surface area contributed by atoms with Gasteiger partial charge in [-0.1, -0.05) is 6.92 Å². The number of aliphatic imine (C=N–C) groups is 2. The number of nitrogens with one attached hydrogen (secondary N) is 1. The van der Waals surface area contributed by atoms with Crippen LogP contribution in [0.2, 0.25) is 0 Å². The number of likely N-dealkylation sites (tertiary alicyclic amines) is 1. The van der Waals surface area contributed by atoms with Crippen LogP contribution >= 0.6 is 0 Å². The monoisotopic (exact) mass is 453 g/mol. The summed E-state index contributed by atoms with van der Waals surface area (Å²) in [4.78, 5) is 11.2. The van der Waals surface area contributed by atoms with Gasteiger partial charge in [0, 0.05) is 61.6 Å². The Bertz CT molecular complexity index is 1010. The summed E-state index contributed by atoms with van der Waals surface area (Å²) in [6.45, 7) is 13.6. The average Bonchev–Trinajstić information content (AvgIpc) is 3.14. The Kier molecular flexibility index (Phi) is 8.16. The maximum Gasteiger partial charge on any atom is 0.203 e. The number of anilines is 1. The zero-order valence-corrected chi connectivity index (χ0v) is 20.5. The predicted molar refractivity (Wildman–Crippen MR) is 134 cm³/mol. The van der Waals surface area contributed by atoms with Crippen molar-refractivity contribution in [1.29, 1.82) is 0 Å². The second-order valence-electron chi connectivity index (χ2n) is 8.40. The van der Waals surface area contributed by atoms with Crippen molar-refractivity contribution in [3.05, 3.63) is 47.4 Å². The lowest BCUT2D eigenvalue weighted by Crippen LogP contribution is -2.44. The Balaban J connectivity index is 1.82. The molecule has 1 aliphatic heterocycles. The van der Waals surface area contributed by atoms with Crippen molar-refractivity contribution in [2.45, 2.75) is 27.3 Å². The Labute approximate surface area is 196 Å². The molecule has 0 amide bonds. The lowest BCUT2D eigenvalue weighted by molar-refractivity contribution is 0.105. The van der Waals surface area contributed by atoms with Gasteiger partial charge in [-0.2, -0.15) is 0 Å². The van der Waals surface area contributed by atoms with Crippen LogP contribution in [0.5, 0.6) is 17.2 Å². The summed E-state index contributed by atoms with van der Waals surface area (Å²) in [6.07, 6.45) is 6.01. The van der Waals surface area contributed by atoms with Crippen LogP contribution in [-0.2, 0) is 6.54 Å². The number of aromatic nitrogens is 1. The number of nitrogens with zero attached hydrogens (tertiary/aromatic N) is 4. The molecule has 0 aliphatic carbocycles. The summed E-state index contributed by atoms with van der Waals surface area (Å²) in [7, 11) is 4.78. The molecule has 33 heavy (non-hydrogen) atoms. The van der Waals surface area contributed by atoms with E-state index in [0.29, 0.717) is 23.9 Å². The third-order valence-electron chi connectivity index (χ3n) is 5.73. The number of methoxy groups -OCH3 is 3. The molecule has 1 aliphatic rings. The molecule has 0 bridgehead atoms. The molecule has 2 aromatic rings. The molecule has 1 N–H and O–H groups in total. The molecule has 1 aromatic carbocycles. The van der Waals surface area contributed by atoms with E-state index in [2.05, 4.69) is 52.7 Å². The van der Waals surface area contributed by atoms with E-state index in [1.807, 2.05) is 19.1 Å². The molecule has 8 heteroatoms. The van der Waals surface area contributed by atoms with Crippen molar-refractivity contribution in [3.8, 4) is 17.2 Å². The molecule has 0 atom stereocenters. The summed E-state index contributed by atoms with van der Waals surface area (Å²) in [6, 6.07) is 3.72. The Hall–Kier alpha value is -3.26. The zero-order chi connectivity index (χ0) is 24.0. The van der Waals surface area contributed by atoms with Gasteiger partial charge < -0.3 is 24.1 Å². The van der Waals surface area contributed by atoms with Gasteiger partial charge in [0.15, 0.2) is 11.5 Å². The van der Waals surface area contributed by atoms with Crippen LogP contribution in [0.25, 0.3) is 0 Å². The van der Waals surface area contributed by atoms with Gasteiger partial charge >= 0.3 is 0 Å². The highest BCUT2D eigenvalue weighted by Crippen LogP contribution is 2.39. The molecule has 1 fully saturated rings. The minimum atomic E-state index is 0.354. The Morgan fingerprint density at radius 3 is 2.36 bits per heavy atom. The predicted octanol–water partition coefficient (Wildman–Crippen LogP) is 4.19. The molecule has 3 rings (SSSR count). The zero-order valence-electron chi connectivity index (χ0n) is 20.5. The summed E-state index contributed by atoms with van der Waals surface area (Å²) >= 11 is 0. The first-order valence-corrected chi connectivity index (χ1v) is 11.0. The first-order chi connectivity index (χ1) is 15.9. The van der Waals surface area contributed by atoms with E-state index < -0.39 is 0 Å². The van der Waals surface area contributed by atoms with Crippen LogP contribution in [0.4, 0.5) is 5.69 Å². The molecular weight excluding hydrogens is 418 g/mol. The molecule has 1 saturated heterocycles. The standard InChI is InChI=1S/C25H35N5O3/c1-17-11-29(12-17)14-20-15-30(13-19(20)3)25(18(2)10-26-4)28-16-27-21-8-22(31-5)24(33-7)23(9-21)32-6/h8-10,13,15,17,27H,4,11-12,14,16H2,1-3,5-7H3/b18-10-,28-25+. The third kappa shape index (κ3) is 5.76. The molecule has 178 valence electrons. The van der Waals surface area contributed by atoms with Crippen LogP contribution in [0.3, 0.4) is 0 Å². The van der Waals surface area contributed by atoms with Crippen molar-refractivity contribution in [3.63, 3.8) is 0 Å². The number of benzene rings is 1. The van der Waals surface area contributed by atoms with Crippen molar-refractivity contribution in [1.82, 2.24) is 9.47 Å². The minimum Gasteiger partial charge on any atom is -0.493 e. The van der Waals surface area contributed by atoms with E-state index in [0.717, 1.165) is 42.6 Å². The van der Waals surface area contributed by atoms with Gasteiger partial charge in [-0.05, 0) is 37.6 Å². The van der Waals surface area contributed by atoms with Gasteiger partial charge in [0.25, 0.3) is 0 Å². The largest absolute Gasteiger partial charge is 0.493 e. The molecule has 0 saturated carbocycles. The fraction of sp³-hybridized carbons (Fsp3) is 0.440. The summed E-state index contributed by atoms with van der Waals surface area (Å²) in [5, 5.41) is 3.32. The number of rotatable bonds is 10. The lowest BCUT2D eigenvalue weighted by atomic mass is 10.0. The molecule has 0 spiro atoms. The van der Waals surface area contributed by atoms with Crippen LogP contribution in [0, 0.1) is 12.8 Å². The lowest BCUT2D eigenvalue weighted by Gasteiger charge is -2.37. The highest BCUT2D eigenvalue weighted by molar-refractivity contribution is 5.99. The summed E-state index contributed by atoms with van der Waals surface area (Å²) in [5.41, 5.74) is 4.30. The number of ether oxygens (including phenoxy) is 3. The SMILES string of the molecule is C=N/C=C(C)\C(=N/CNc1cc(OC)c(OC)c(OC)c1)n1cc(C)c(CN2CC(C)C2)c1. The fourth-order valence-electron chi connectivity index (χ4n) is 4.08. The van der Waals surface area contributed by atoms with Crippen molar-refractivity contribution in [2.24, 2.45) is 15.9 Å². The normalized spacial score (nSPS) is 15.2. The molecule has 0 unspecified atom stereocenters. The fourth-order valence-corrected chi connectivity index (χ4v) is 4.08. The van der Waals surface area contributed by atoms with E-state index in [1.165, 1.54) is 11.1 Å². The van der Waals surface area contributed by atoms with Crippen LogP contribution < -0.4 is 19.5 Å². The maximum absolute atomic E-state index is 5.44. The first-order valence-electron chi connectivity index (χ1n) is 11.0. The highest BCUT2D eigenvalue weighted by atomic mass is 16.5. The Morgan fingerprint density at radius 2 is 1.82 bits per heavy atom. The molecular formula is C25H35N5O3. The van der Waals surface area contributed by atoms with Crippen LogP contribution in [-0.4, -0.2) is 63.1 Å². The molecule has 8 nitrogen and oxygen atoms in total. The van der Waals surface area contributed by atoms with Gasteiger partial charge in [-0.25, -0.2) is 4.99 Å². The molecule has 1 aromatic heterocycles. The Morgan fingerprint density at radius 1 is 1.15 bits per heavy atom. The smallest absolute Gasteiger partial charge is 0.203 e. The maximum atomic E-state index is 5.44. The first kappa shape index (κ1) is 24.4. The summed E-state index contributed by atoms with van der Waals surface area (Å²) < 4.78 is 18.3. The number of aryl methyl sites for hydroxylation is 1. The average molecular weight is 454 g/mol. The van der Waals surface area contributed by atoms with E-state index in [-0.39, 0.29) is 0 Å². The number of hydrogen-bond acceptors (Lipinski definition) is 7. The van der Waals surface area contributed by atoms with E-state index >= 15 is 0 Å². The van der Waals surface area contributed by atoms with Gasteiger partial charge in [0.2, 0.25) is 5.75 Å². The van der Waals surface area contributed by atoms with E-state index in [9.17, 15) is 0 Å².